The number of carbonyl (C=O) groups excluding carboxylic acids is 2. The minimum absolute atomic E-state index is 0.00344. The number of nitrogens with zero attached hydrogens (tertiary/aromatic N) is 1. The number of thioether (sulfide) groups is 1. The van der Waals surface area contributed by atoms with Crippen LogP contribution in [0.5, 0.6) is 0 Å². The van der Waals surface area contributed by atoms with E-state index in [1.54, 1.807) is 36.1 Å². The zero-order valence-corrected chi connectivity index (χ0v) is 13.2. The molecule has 0 aromatic heterocycles. The van der Waals surface area contributed by atoms with Gasteiger partial charge in [0.1, 0.15) is 0 Å². The van der Waals surface area contributed by atoms with Crippen molar-refractivity contribution in [2.75, 3.05) is 18.1 Å². The SMILES string of the molecule is CC1C(C(=O)O)CCN1C(=O)CSCC(=O)c1ccccc1. The first-order valence-electron chi connectivity index (χ1n) is 7.19. The second-order valence-electron chi connectivity index (χ2n) is 5.34. The van der Waals surface area contributed by atoms with Gasteiger partial charge in [-0.3, -0.25) is 14.4 Å². The minimum Gasteiger partial charge on any atom is -0.481 e. The summed E-state index contributed by atoms with van der Waals surface area (Å²) < 4.78 is 0. The Morgan fingerprint density at radius 3 is 2.50 bits per heavy atom. The lowest BCUT2D eigenvalue weighted by Crippen LogP contribution is -2.38. The Bertz CT molecular complexity index is 561. The van der Waals surface area contributed by atoms with Crippen molar-refractivity contribution >= 4 is 29.4 Å². The molecular weight excluding hydrogens is 302 g/mol. The Labute approximate surface area is 133 Å². The topological polar surface area (TPSA) is 74.7 Å². The summed E-state index contributed by atoms with van der Waals surface area (Å²) in [4.78, 5) is 36.7. The van der Waals surface area contributed by atoms with Crippen LogP contribution in [0.25, 0.3) is 0 Å². The molecule has 0 saturated carbocycles. The van der Waals surface area contributed by atoms with Crippen molar-refractivity contribution in [2.45, 2.75) is 19.4 Å². The molecule has 22 heavy (non-hydrogen) atoms. The van der Waals surface area contributed by atoms with E-state index >= 15 is 0 Å². The number of aliphatic carboxylic acids is 1. The molecule has 1 aromatic carbocycles. The number of carboxylic acid groups (broad SMARTS) is 1. The molecule has 2 rings (SSSR count). The van der Waals surface area contributed by atoms with Crippen molar-refractivity contribution < 1.29 is 19.5 Å². The average molecular weight is 321 g/mol. The Hall–Kier alpha value is -1.82. The highest BCUT2D eigenvalue weighted by Gasteiger charge is 2.37. The monoisotopic (exact) mass is 321 g/mol. The van der Waals surface area contributed by atoms with Crippen molar-refractivity contribution in [3.63, 3.8) is 0 Å². The maximum atomic E-state index is 12.1. The molecule has 1 saturated heterocycles. The van der Waals surface area contributed by atoms with Gasteiger partial charge in [-0.25, -0.2) is 0 Å². The summed E-state index contributed by atoms with van der Waals surface area (Å²) in [5.74, 6) is -0.983. The molecule has 2 unspecified atom stereocenters. The lowest BCUT2D eigenvalue weighted by Gasteiger charge is -2.23. The summed E-state index contributed by atoms with van der Waals surface area (Å²) >= 11 is 1.27. The normalized spacial score (nSPS) is 20.9. The number of carboxylic acids is 1. The molecule has 1 aliphatic rings. The third-order valence-electron chi connectivity index (χ3n) is 3.95. The molecule has 118 valence electrons. The molecule has 0 aliphatic carbocycles. The third-order valence-corrected chi connectivity index (χ3v) is 4.86. The largest absolute Gasteiger partial charge is 0.481 e. The van der Waals surface area contributed by atoms with Crippen molar-refractivity contribution in [3.05, 3.63) is 35.9 Å². The van der Waals surface area contributed by atoms with Crippen LogP contribution in [0.2, 0.25) is 0 Å². The van der Waals surface area contributed by atoms with Gasteiger partial charge in [0.05, 0.1) is 17.4 Å². The van der Waals surface area contributed by atoms with Crippen molar-refractivity contribution in [2.24, 2.45) is 5.92 Å². The second kappa shape index (κ2) is 7.45. The Kier molecular flexibility index (Phi) is 5.60. The van der Waals surface area contributed by atoms with E-state index in [1.165, 1.54) is 11.8 Å². The number of likely N-dealkylation sites (tertiary alicyclic amines) is 1. The van der Waals surface area contributed by atoms with Crippen LogP contribution < -0.4 is 0 Å². The molecule has 2 atom stereocenters. The van der Waals surface area contributed by atoms with E-state index in [0.717, 1.165) is 0 Å². The highest BCUT2D eigenvalue weighted by Crippen LogP contribution is 2.25. The quantitative estimate of drug-likeness (QED) is 0.810. The van der Waals surface area contributed by atoms with Crippen LogP contribution in [0.1, 0.15) is 23.7 Å². The van der Waals surface area contributed by atoms with Gasteiger partial charge in [0.25, 0.3) is 0 Å². The van der Waals surface area contributed by atoms with E-state index < -0.39 is 11.9 Å². The lowest BCUT2D eigenvalue weighted by molar-refractivity contribution is -0.142. The van der Waals surface area contributed by atoms with E-state index in [9.17, 15) is 14.4 Å². The molecular formula is C16H19NO4S. The molecule has 0 spiro atoms. The first-order chi connectivity index (χ1) is 10.5. The van der Waals surface area contributed by atoms with Crippen LogP contribution in [0.3, 0.4) is 0 Å². The smallest absolute Gasteiger partial charge is 0.308 e. The van der Waals surface area contributed by atoms with Crippen LogP contribution >= 0.6 is 11.8 Å². The maximum Gasteiger partial charge on any atom is 0.308 e. The van der Waals surface area contributed by atoms with Crippen LogP contribution in [0.4, 0.5) is 0 Å². The highest BCUT2D eigenvalue weighted by molar-refractivity contribution is 8.00. The van der Waals surface area contributed by atoms with Gasteiger partial charge in [-0.2, -0.15) is 0 Å². The molecule has 1 fully saturated rings. The van der Waals surface area contributed by atoms with E-state index in [2.05, 4.69) is 0 Å². The molecule has 6 heteroatoms. The van der Waals surface area contributed by atoms with Gasteiger partial charge < -0.3 is 10.0 Å². The lowest BCUT2D eigenvalue weighted by atomic mass is 10.0. The summed E-state index contributed by atoms with van der Waals surface area (Å²) in [5.41, 5.74) is 0.642. The van der Waals surface area contributed by atoms with Crippen molar-refractivity contribution in [3.8, 4) is 0 Å². The van der Waals surface area contributed by atoms with Crippen molar-refractivity contribution in [1.82, 2.24) is 4.90 Å². The van der Waals surface area contributed by atoms with Gasteiger partial charge in [-0.05, 0) is 13.3 Å². The molecule has 1 N–H and O–H groups in total. The number of amides is 1. The molecule has 1 heterocycles. The Balaban J connectivity index is 1.79. The summed E-state index contributed by atoms with van der Waals surface area (Å²) in [7, 11) is 0. The maximum absolute atomic E-state index is 12.1. The summed E-state index contributed by atoms with van der Waals surface area (Å²) in [6.07, 6.45) is 0.496. The molecule has 1 aromatic rings. The summed E-state index contributed by atoms with van der Waals surface area (Å²) in [5, 5.41) is 9.07. The molecule has 0 bridgehead atoms. The average Bonchev–Trinajstić information content (AvgIpc) is 2.90. The fourth-order valence-corrected chi connectivity index (χ4v) is 3.44. The van der Waals surface area contributed by atoms with Gasteiger partial charge in [-0.15, -0.1) is 11.8 Å². The predicted molar refractivity (Wildman–Crippen MR) is 85.0 cm³/mol. The number of rotatable bonds is 6. The fourth-order valence-electron chi connectivity index (χ4n) is 2.64. The molecule has 1 amide bonds. The number of hydrogen-bond donors (Lipinski definition) is 1. The number of ketones is 1. The van der Waals surface area contributed by atoms with E-state index in [1.807, 2.05) is 6.07 Å². The first-order valence-corrected chi connectivity index (χ1v) is 8.34. The van der Waals surface area contributed by atoms with Gasteiger partial charge in [0.15, 0.2) is 5.78 Å². The van der Waals surface area contributed by atoms with Gasteiger partial charge in [0.2, 0.25) is 5.91 Å². The number of benzene rings is 1. The van der Waals surface area contributed by atoms with E-state index in [0.29, 0.717) is 18.5 Å². The second-order valence-corrected chi connectivity index (χ2v) is 6.33. The van der Waals surface area contributed by atoms with Crippen LogP contribution in [0, 0.1) is 5.92 Å². The number of Topliss-reactive ketones (excluding diaryl/α,β-unsaturated/α-hetero) is 1. The molecule has 5 nitrogen and oxygen atoms in total. The first kappa shape index (κ1) is 16.5. The zero-order valence-electron chi connectivity index (χ0n) is 12.4. The fraction of sp³-hybridized carbons (Fsp3) is 0.438. The summed E-state index contributed by atoms with van der Waals surface area (Å²) in [6, 6.07) is 8.69. The van der Waals surface area contributed by atoms with E-state index in [-0.39, 0.29) is 29.2 Å². The Morgan fingerprint density at radius 1 is 1.23 bits per heavy atom. The van der Waals surface area contributed by atoms with Crippen molar-refractivity contribution in [1.29, 1.82) is 0 Å². The number of hydrogen-bond acceptors (Lipinski definition) is 4. The van der Waals surface area contributed by atoms with Crippen LogP contribution in [0.15, 0.2) is 30.3 Å². The van der Waals surface area contributed by atoms with Gasteiger partial charge in [-0.1, -0.05) is 30.3 Å². The van der Waals surface area contributed by atoms with Gasteiger partial charge >= 0.3 is 5.97 Å². The van der Waals surface area contributed by atoms with Crippen LogP contribution in [-0.2, 0) is 9.59 Å². The zero-order chi connectivity index (χ0) is 16.1. The van der Waals surface area contributed by atoms with E-state index in [4.69, 9.17) is 5.11 Å². The molecule has 1 aliphatic heterocycles. The number of carbonyl (C=O) groups is 3. The summed E-state index contributed by atoms with van der Waals surface area (Å²) in [6.45, 7) is 2.24. The minimum atomic E-state index is -0.852. The standard InChI is InChI=1S/C16H19NO4S/c1-11-13(16(20)21)7-8-17(11)15(19)10-22-9-14(18)12-5-3-2-4-6-12/h2-6,11,13H,7-10H2,1H3,(H,20,21). The molecule has 0 radical (unpaired) electrons. The highest BCUT2D eigenvalue weighted by atomic mass is 32.2. The van der Waals surface area contributed by atoms with Gasteiger partial charge in [0, 0.05) is 18.2 Å². The van der Waals surface area contributed by atoms with Crippen LogP contribution in [-0.4, -0.2) is 51.8 Å². The predicted octanol–water partition coefficient (Wildman–Crippen LogP) is 1.92. The Morgan fingerprint density at radius 2 is 1.91 bits per heavy atom. The third kappa shape index (κ3) is 3.88.